The fourth-order valence-corrected chi connectivity index (χ4v) is 3.61. The maximum absolute atomic E-state index is 10.1. The van der Waals surface area contributed by atoms with Crippen LogP contribution in [0.3, 0.4) is 0 Å². The van der Waals surface area contributed by atoms with Crippen LogP contribution in [0.5, 0.6) is 0 Å². The van der Waals surface area contributed by atoms with Crippen LogP contribution < -0.4 is 0 Å². The zero-order valence-corrected chi connectivity index (χ0v) is 13.2. The van der Waals surface area contributed by atoms with Gasteiger partial charge >= 0.3 is 0 Å². The van der Waals surface area contributed by atoms with Gasteiger partial charge in [0, 0.05) is 29.3 Å². The number of azide groups is 1. The number of aliphatic hydroxyl groups excluding tert-OH is 2. The highest BCUT2D eigenvalue weighted by molar-refractivity contribution is 7.99. The van der Waals surface area contributed by atoms with Crippen molar-refractivity contribution < 1.29 is 19.7 Å². The first kappa shape index (κ1) is 17.3. The van der Waals surface area contributed by atoms with E-state index in [2.05, 4.69) is 15.0 Å². The predicted molar refractivity (Wildman–Crippen MR) is 80.6 cm³/mol. The van der Waals surface area contributed by atoms with Crippen molar-refractivity contribution in [1.29, 1.82) is 0 Å². The van der Waals surface area contributed by atoms with E-state index in [-0.39, 0.29) is 0 Å². The van der Waals surface area contributed by atoms with Crippen LogP contribution in [0.2, 0.25) is 5.02 Å². The summed E-state index contributed by atoms with van der Waals surface area (Å²) < 4.78 is 11.0. The third kappa shape index (κ3) is 3.82. The number of halogens is 1. The third-order valence-electron chi connectivity index (χ3n) is 3.21. The molecule has 10 heteroatoms. The van der Waals surface area contributed by atoms with Crippen molar-refractivity contribution in [2.24, 2.45) is 5.11 Å². The molecular formula is C12H15ClN4O4S. The minimum atomic E-state index is -1.15. The molecule has 1 saturated heterocycles. The van der Waals surface area contributed by atoms with Crippen molar-refractivity contribution in [3.8, 4) is 0 Å². The summed E-state index contributed by atoms with van der Waals surface area (Å²) in [6, 6.07) is 0.835. The van der Waals surface area contributed by atoms with Crippen LogP contribution in [-0.2, 0) is 9.47 Å². The SMILES string of the molecule is COC1C(N=[N+]=[N-])[C@@H](O)C(CO)O[C@@H]1Sc1cncc(Cl)c1. The van der Waals surface area contributed by atoms with Crippen molar-refractivity contribution in [2.45, 2.75) is 34.7 Å². The normalized spacial score (nSPS) is 31.5. The summed E-state index contributed by atoms with van der Waals surface area (Å²) in [5.74, 6) is 0. The zero-order valence-electron chi connectivity index (χ0n) is 11.6. The molecule has 0 saturated carbocycles. The maximum Gasteiger partial charge on any atom is 0.134 e. The smallest absolute Gasteiger partial charge is 0.134 e. The Morgan fingerprint density at radius 1 is 1.59 bits per heavy atom. The second-order valence-electron chi connectivity index (χ2n) is 4.57. The topological polar surface area (TPSA) is 121 Å². The number of aromatic nitrogens is 1. The number of hydrogen-bond donors (Lipinski definition) is 2. The molecule has 8 nitrogen and oxygen atoms in total. The fourth-order valence-electron chi connectivity index (χ4n) is 2.19. The molecule has 1 aromatic rings. The number of methoxy groups -OCH3 is 1. The molecule has 1 aliphatic heterocycles. The molecule has 1 aromatic heterocycles. The standard InChI is InChI=1S/C12H15ClN4O4S/c1-20-11-9(16-17-14)10(19)8(5-18)21-12(11)22-7-2-6(13)3-15-4-7/h2-4,8-12,18-19H,5H2,1H3/t8?,9?,10-,11?,12+/m0/s1. The van der Waals surface area contributed by atoms with Crippen LogP contribution in [0.4, 0.5) is 0 Å². The first-order chi connectivity index (χ1) is 10.6. The first-order valence-electron chi connectivity index (χ1n) is 6.39. The molecule has 2 heterocycles. The van der Waals surface area contributed by atoms with Crippen LogP contribution in [0.25, 0.3) is 10.4 Å². The highest BCUT2D eigenvalue weighted by atomic mass is 35.5. The second kappa shape index (κ2) is 7.98. The summed E-state index contributed by atoms with van der Waals surface area (Å²) >= 11 is 7.16. The lowest BCUT2D eigenvalue weighted by Gasteiger charge is -2.41. The quantitative estimate of drug-likeness (QED) is 0.474. The summed E-state index contributed by atoms with van der Waals surface area (Å²) in [5, 5.41) is 23.5. The third-order valence-corrected chi connectivity index (χ3v) is 4.53. The van der Waals surface area contributed by atoms with Gasteiger partial charge in [-0.25, -0.2) is 0 Å². The van der Waals surface area contributed by atoms with Crippen molar-refractivity contribution in [3.63, 3.8) is 0 Å². The van der Waals surface area contributed by atoms with Gasteiger partial charge in [-0.3, -0.25) is 4.98 Å². The number of rotatable bonds is 5. The minimum absolute atomic E-state index is 0.403. The van der Waals surface area contributed by atoms with E-state index in [9.17, 15) is 10.2 Å². The Labute approximate surface area is 136 Å². The summed E-state index contributed by atoms with van der Waals surface area (Å²) in [6.07, 6.45) is 0.405. The lowest BCUT2D eigenvalue weighted by molar-refractivity contribution is -0.167. The molecule has 120 valence electrons. The number of ether oxygens (including phenoxy) is 2. The number of thioether (sulfide) groups is 1. The van der Waals surface area contributed by atoms with Crippen LogP contribution >= 0.6 is 23.4 Å². The lowest BCUT2D eigenvalue weighted by atomic mass is 9.98. The molecule has 1 aliphatic rings. The van der Waals surface area contributed by atoms with Gasteiger partial charge in [-0.05, 0) is 11.6 Å². The average molecular weight is 347 g/mol. The van der Waals surface area contributed by atoms with E-state index in [0.717, 1.165) is 4.90 Å². The molecule has 0 spiro atoms. The molecule has 2 N–H and O–H groups in total. The second-order valence-corrected chi connectivity index (χ2v) is 6.18. The molecule has 3 unspecified atom stereocenters. The molecule has 0 bridgehead atoms. The summed E-state index contributed by atoms with van der Waals surface area (Å²) in [5.41, 5.74) is 8.08. The average Bonchev–Trinajstić information content (AvgIpc) is 2.50. The molecule has 22 heavy (non-hydrogen) atoms. The van der Waals surface area contributed by atoms with Crippen molar-refractivity contribution in [3.05, 3.63) is 33.9 Å². The molecule has 0 aromatic carbocycles. The van der Waals surface area contributed by atoms with Gasteiger partial charge in [0.2, 0.25) is 0 Å². The number of nitrogens with zero attached hydrogens (tertiary/aromatic N) is 4. The summed E-state index contributed by atoms with van der Waals surface area (Å²) in [4.78, 5) is 7.45. The largest absolute Gasteiger partial charge is 0.394 e. The minimum Gasteiger partial charge on any atom is -0.394 e. The molecule has 0 radical (unpaired) electrons. The van der Waals surface area contributed by atoms with Gasteiger partial charge in [0.05, 0.1) is 23.8 Å². The maximum atomic E-state index is 10.1. The van der Waals surface area contributed by atoms with E-state index in [4.69, 9.17) is 26.6 Å². The Hall–Kier alpha value is -1.06. The van der Waals surface area contributed by atoms with Crippen LogP contribution in [-0.4, -0.2) is 58.7 Å². The summed E-state index contributed by atoms with van der Waals surface area (Å²) in [7, 11) is 1.43. The van der Waals surface area contributed by atoms with Gasteiger partial charge in [0.15, 0.2) is 0 Å². The molecule has 5 atom stereocenters. The van der Waals surface area contributed by atoms with Crippen molar-refractivity contribution >= 4 is 23.4 Å². The van der Waals surface area contributed by atoms with E-state index >= 15 is 0 Å². The van der Waals surface area contributed by atoms with Gasteiger partial charge in [0.25, 0.3) is 0 Å². The first-order valence-corrected chi connectivity index (χ1v) is 7.65. The van der Waals surface area contributed by atoms with E-state index in [0.29, 0.717) is 5.02 Å². The van der Waals surface area contributed by atoms with Crippen LogP contribution in [0.1, 0.15) is 0 Å². The van der Waals surface area contributed by atoms with Crippen LogP contribution in [0.15, 0.2) is 28.5 Å². The highest BCUT2D eigenvalue weighted by Crippen LogP contribution is 2.36. The summed E-state index contributed by atoms with van der Waals surface area (Å²) in [6.45, 7) is -0.403. The lowest BCUT2D eigenvalue weighted by Crippen LogP contribution is -2.57. The van der Waals surface area contributed by atoms with Gasteiger partial charge < -0.3 is 19.7 Å². The van der Waals surface area contributed by atoms with Gasteiger partial charge in [-0.1, -0.05) is 28.5 Å². The van der Waals surface area contributed by atoms with Crippen LogP contribution in [0, 0.1) is 0 Å². The van der Waals surface area contributed by atoms with E-state index < -0.39 is 36.4 Å². The Morgan fingerprint density at radius 3 is 2.95 bits per heavy atom. The number of aliphatic hydroxyl groups is 2. The predicted octanol–water partition coefficient (Wildman–Crippen LogP) is 1.60. The monoisotopic (exact) mass is 346 g/mol. The molecule has 2 rings (SSSR count). The molecule has 1 fully saturated rings. The Kier molecular flexibility index (Phi) is 6.27. The number of pyridine rings is 1. The zero-order chi connectivity index (χ0) is 16.1. The van der Waals surface area contributed by atoms with Crippen molar-refractivity contribution in [1.82, 2.24) is 4.98 Å². The van der Waals surface area contributed by atoms with Gasteiger partial charge in [0.1, 0.15) is 17.6 Å². The van der Waals surface area contributed by atoms with Crippen molar-refractivity contribution in [2.75, 3.05) is 13.7 Å². The fraction of sp³-hybridized carbons (Fsp3) is 0.583. The Bertz CT molecular complexity index is 560. The van der Waals surface area contributed by atoms with Gasteiger partial charge in [-0.2, -0.15) is 0 Å². The Morgan fingerprint density at radius 2 is 2.36 bits per heavy atom. The highest BCUT2D eigenvalue weighted by Gasteiger charge is 2.45. The molecular weight excluding hydrogens is 332 g/mol. The number of hydrogen-bond acceptors (Lipinski definition) is 7. The van der Waals surface area contributed by atoms with E-state index in [1.165, 1.54) is 25.1 Å². The van der Waals surface area contributed by atoms with Gasteiger partial charge in [-0.15, -0.1) is 0 Å². The Balaban J connectivity index is 2.25. The van der Waals surface area contributed by atoms with E-state index in [1.54, 1.807) is 12.3 Å². The molecule has 0 amide bonds. The molecule has 0 aliphatic carbocycles. The van der Waals surface area contributed by atoms with E-state index in [1.807, 2.05) is 0 Å².